The molecular formula is C23H33ClN4O3. The first kappa shape index (κ1) is 23.5. The fourth-order valence-electron chi connectivity index (χ4n) is 4.61. The third-order valence-electron chi connectivity index (χ3n) is 7.05. The van der Waals surface area contributed by atoms with Gasteiger partial charge in [0, 0.05) is 0 Å². The number of anilines is 1. The van der Waals surface area contributed by atoms with Crippen molar-refractivity contribution in [3.05, 3.63) is 29.3 Å². The lowest BCUT2D eigenvalue weighted by Gasteiger charge is -2.42. The normalized spacial score (nSPS) is 24.1. The van der Waals surface area contributed by atoms with E-state index in [1.165, 1.54) is 4.90 Å². The SMILES string of the molecule is CCC(C)(C)C1CCC2(CC1)NC(=O)N(CN(C)CC(=O)Nc1ccccc1Cl)C2=O. The Bertz CT molecular complexity index is 849. The van der Waals surface area contributed by atoms with Crippen LogP contribution >= 0.6 is 11.6 Å². The minimum Gasteiger partial charge on any atom is -0.324 e. The predicted octanol–water partition coefficient (Wildman–Crippen LogP) is 4.08. The fourth-order valence-corrected chi connectivity index (χ4v) is 4.80. The van der Waals surface area contributed by atoms with Gasteiger partial charge in [-0.3, -0.25) is 14.5 Å². The molecule has 0 aromatic heterocycles. The number of rotatable bonds is 7. The van der Waals surface area contributed by atoms with Crippen molar-refractivity contribution in [2.45, 2.75) is 58.4 Å². The van der Waals surface area contributed by atoms with Crippen LogP contribution in [0.25, 0.3) is 0 Å². The van der Waals surface area contributed by atoms with Crippen molar-refractivity contribution in [3.63, 3.8) is 0 Å². The number of carbonyl (C=O) groups is 3. The molecule has 1 aliphatic carbocycles. The third-order valence-corrected chi connectivity index (χ3v) is 7.38. The second-order valence-corrected chi connectivity index (χ2v) is 9.95. The van der Waals surface area contributed by atoms with E-state index in [0.717, 1.165) is 19.3 Å². The van der Waals surface area contributed by atoms with E-state index in [1.54, 1.807) is 36.2 Å². The Labute approximate surface area is 189 Å². The fraction of sp³-hybridized carbons (Fsp3) is 0.609. The zero-order valence-corrected chi connectivity index (χ0v) is 19.6. The number of benzene rings is 1. The van der Waals surface area contributed by atoms with E-state index < -0.39 is 5.54 Å². The first-order chi connectivity index (χ1) is 14.6. The van der Waals surface area contributed by atoms with Crippen LogP contribution in [0.1, 0.15) is 52.9 Å². The number of hydrogen-bond acceptors (Lipinski definition) is 4. The number of carbonyl (C=O) groups excluding carboxylic acids is 3. The summed E-state index contributed by atoms with van der Waals surface area (Å²) < 4.78 is 0. The third kappa shape index (κ3) is 5.04. The number of likely N-dealkylation sites (N-methyl/N-ethyl adjacent to an activating group) is 1. The highest BCUT2D eigenvalue weighted by Gasteiger charge is 2.53. The lowest BCUT2D eigenvalue weighted by atomic mass is 9.65. The first-order valence-corrected chi connectivity index (χ1v) is 11.3. The van der Waals surface area contributed by atoms with Gasteiger partial charge in [0.25, 0.3) is 5.91 Å². The summed E-state index contributed by atoms with van der Waals surface area (Å²) in [7, 11) is 1.71. The summed E-state index contributed by atoms with van der Waals surface area (Å²) in [4.78, 5) is 41.0. The van der Waals surface area contributed by atoms with Crippen LogP contribution in [-0.2, 0) is 9.59 Å². The zero-order chi connectivity index (χ0) is 22.8. The number of urea groups is 1. The number of imide groups is 1. The van der Waals surface area contributed by atoms with Crippen molar-refractivity contribution in [2.24, 2.45) is 11.3 Å². The van der Waals surface area contributed by atoms with Crippen LogP contribution in [0.4, 0.5) is 10.5 Å². The van der Waals surface area contributed by atoms with Gasteiger partial charge in [-0.25, -0.2) is 9.69 Å². The van der Waals surface area contributed by atoms with Crippen LogP contribution < -0.4 is 10.6 Å². The van der Waals surface area contributed by atoms with Crippen LogP contribution in [0, 0.1) is 11.3 Å². The number of hydrogen-bond donors (Lipinski definition) is 2. The smallest absolute Gasteiger partial charge is 0.324 e. The van der Waals surface area contributed by atoms with Crippen molar-refractivity contribution in [1.82, 2.24) is 15.1 Å². The molecule has 2 N–H and O–H groups in total. The lowest BCUT2D eigenvalue weighted by Crippen LogP contribution is -2.51. The Kier molecular flexibility index (Phi) is 6.96. The summed E-state index contributed by atoms with van der Waals surface area (Å²) in [5, 5.41) is 6.17. The van der Waals surface area contributed by atoms with Crippen LogP contribution in [0.2, 0.25) is 5.02 Å². The van der Waals surface area contributed by atoms with Crippen LogP contribution in [0.3, 0.4) is 0 Å². The summed E-state index contributed by atoms with van der Waals surface area (Å²) in [5.74, 6) is 0.112. The molecule has 7 nitrogen and oxygen atoms in total. The predicted molar refractivity (Wildman–Crippen MR) is 122 cm³/mol. The Morgan fingerprint density at radius 3 is 2.55 bits per heavy atom. The Morgan fingerprint density at radius 1 is 1.29 bits per heavy atom. The Morgan fingerprint density at radius 2 is 1.94 bits per heavy atom. The molecule has 1 aromatic rings. The molecule has 1 heterocycles. The maximum atomic E-state index is 13.2. The van der Waals surface area contributed by atoms with Crippen molar-refractivity contribution in [2.75, 3.05) is 25.6 Å². The van der Waals surface area contributed by atoms with Gasteiger partial charge in [-0.2, -0.15) is 0 Å². The van der Waals surface area contributed by atoms with Gasteiger partial charge in [-0.15, -0.1) is 0 Å². The van der Waals surface area contributed by atoms with Gasteiger partial charge < -0.3 is 10.6 Å². The summed E-state index contributed by atoms with van der Waals surface area (Å²) in [6.45, 7) is 6.85. The summed E-state index contributed by atoms with van der Waals surface area (Å²) in [6.07, 6.45) is 4.28. The molecule has 170 valence electrons. The van der Waals surface area contributed by atoms with Crippen molar-refractivity contribution in [3.8, 4) is 0 Å². The first-order valence-electron chi connectivity index (χ1n) is 10.9. The van der Waals surface area contributed by atoms with E-state index in [1.807, 2.05) is 0 Å². The Balaban J connectivity index is 1.56. The number of nitrogens with zero attached hydrogens (tertiary/aromatic N) is 2. The Hall–Kier alpha value is -2.12. The van der Waals surface area contributed by atoms with Crippen LogP contribution in [0.15, 0.2) is 24.3 Å². The molecule has 0 atom stereocenters. The van der Waals surface area contributed by atoms with Gasteiger partial charge in [0.2, 0.25) is 5.91 Å². The average Bonchev–Trinajstić information content (AvgIpc) is 2.94. The topological polar surface area (TPSA) is 81.8 Å². The highest BCUT2D eigenvalue weighted by Crippen LogP contribution is 2.45. The minimum absolute atomic E-state index is 0.0298. The number of nitrogens with one attached hydrogen (secondary N) is 2. The largest absolute Gasteiger partial charge is 0.326 e. The average molecular weight is 449 g/mol. The summed E-state index contributed by atoms with van der Waals surface area (Å²) in [6, 6.07) is 6.61. The number of amides is 4. The van der Waals surface area contributed by atoms with Crippen molar-refractivity contribution < 1.29 is 14.4 Å². The van der Waals surface area contributed by atoms with E-state index in [-0.39, 0.29) is 36.5 Å². The van der Waals surface area contributed by atoms with Gasteiger partial charge in [0.15, 0.2) is 0 Å². The molecule has 0 unspecified atom stereocenters. The highest BCUT2D eigenvalue weighted by atomic mass is 35.5. The van der Waals surface area contributed by atoms with E-state index in [9.17, 15) is 14.4 Å². The molecular weight excluding hydrogens is 416 g/mol. The molecule has 0 radical (unpaired) electrons. The molecule has 3 rings (SSSR count). The molecule has 8 heteroatoms. The molecule has 2 aliphatic rings. The summed E-state index contributed by atoms with van der Waals surface area (Å²) >= 11 is 6.08. The van der Waals surface area contributed by atoms with E-state index in [2.05, 4.69) is 31.4 Å². The van der Waals surface area contributed by atoms with Gasteiger partial charge in [0.05, 0.1) is 23.9 Å². The molecule has 1 saturated heterocycles. The van der Waals surface area contributed by atoms with Gasteiger partial charge in [-0.1, -0.05) is 50.9 Å². The number of para-hydroxylation sites is 1. The maximum Gasteiger partial charge on any atom is 0.326 e. The van der Waals surface area contributed by atoms with Crippen molar-refractivity contribution >= 4 is 35.1 Å². The van der Waals surface area contributed by atoms with Gasteiger partial charge >= 0.3 is 6.03 Å². The van der Waals surface area contributed by atoms with E-state index >= 15 is 0 Å². The minimum atomic E-state index is -0.794. The second-order valence-electron chi connectivity index (χ2n) is 9.55. The summed E-state index contributed by atoms with van der Waals surface area (Å²) in [5.41, 5.74) is -0.0245. The maximum absolute atomic E-state index is 13.2. The zero-order valence-electron chi connectivity index (χ0n) is 18.8. The van der Waals surface area contributed by atoms with Crippen LogP contribution in [0.5, 0.6) is 0 Å². The molecule has 2 fully saturated rings. The molecule has 4 amide bonds. The standard InChI is InChI=1S/C23H33ClN4O3/c1-5-22(2,3)16-10-12-23(13-11-16)20(30)28(21(31)26-23)15-27(4)14-19(29)25-18-9-7-6-8-17(18)24/h6-9,16H,5,10-15H2,1-4H3,(H,25,29)(H,26,31). The lowest BCUT2D eigenvalue weighted by molar-refractivity contribution is -0.135. The molecule has 0 bridgehead atoms. The van der Waals surface area contributed by atoms with Gasteiger partial charge in [0.1, 0.15) is 5.54 Å². The van der Waals surface area contributed by atoms with Crippen LogP contribution in [-0.4, -0.2) is 53.4 Å². The quantitative estimate of drug-likeness (QED) is 0.615. The molecule has 1 aliphatic heterocycles. The van der Waals surface area contributed by atoms with E-state index in [0.29, 0.717) is 29.5 Å². The van der Waals surface area contributed by atoms with Gasteiger partial charge in [-0.05, 0) is 56.2 Å². The van der Waals surface area contributed by atoms with Crippen molar-refractivity contribution in [1.29, 1.82) is 0 Å². The molecule has 1 saturated carbocycles. The van der Waals surface area contributed by atoms with E-state index in [4.69, 9.17) is 11.6 Å². The molecule has 31 heavy (non-hydrogen) atoms. The molecule has 1 aromatic carbocycles. The molecule has 1 spiro atoms. The second kappa shape index (κ2) is 9.17. The monoisotopic (exact) mass is 448 g/mol. The number of halogens is 1. The highest BCUT2D eigenvalue weighted by molar-refractivity contribution is 6.33.